The van der Waals surface area contributed by atoms with Gasteiger partial charge in [-0.05, 0) is 25.0 Å². The van der Waals surface area contributed by atoms with Gasteiger partial charge < -0.3 is 5.32 Å². The van der Waals surface area contributed by atoms with Crippen LogP contribution in [0.1, 0.15) is 43.2 Å². The summed E-state index contributed by atoms with van der Waals surface area (Å²) in [5, 5.41) is 1.52. The predicted octanol–water partition coefficient (Wildman–Crippen LogP) is 4.71. The van der Waals surface area contributed by atoms with Crippen LogP contribution in [0.25, 0.3) is 0 Å². The summed E-state index contributed by atoms with van der Waals surface area (Å²) < 4.78 is 41.1. The first-order valence-corrected chi connectivity index (χ1v) is 7.98. The smallest absolute Gasteiger partial charge is 0.223 e. The van der Waals surface area contributed by atoms with Crippen LogP contribution in [0.5, 0.6) is 0 Å². The van der Waals surface area contributed by atoms with E-state index in [1.54, 1.807) is 6.42 Å². The number of carbonyl (C=O) groups excluding carboxylic acids is 1. The Balaban J connectivity index is 0.00000312. The molecule has 1 aliphatic rings. The second-order valence-electron chi connectivity index (χ2n) is 6.37. The van der Waals surface area contributed by atoms with E-state index in [1.807, 2.05) is 12.2 Å². The minimum absolute atomic E-state index is 0. The molecule has 2 nitrogen and oxygen atoms in total. The van der Waals surface area contributed by atoms with Crippen molar-refractivity contribution in [2.75, 3.05) is 5.32 Å². The number of carbonyl (C=O) groups is 1. The van der Waals surface area contributed by atoms with Crippen LogP contribution in [0.4, 0.5) is 18.9 Å². The van der Waals surface area contributed by atoms with Crippen LogP contribution in [-0.4, -0.2) is 13.8 Å². The van der Waals surface area contributed by atoms with Crippen LogP contribution in [0, 0.1) is 68.8 Å². The van der Waals surface area contributed by atoms with Crippen molar-refractivity contribution in [3.8, 4) is 0 Å². The second-order valence-corrected chi connectivity index (χ2v) is 6.37. The Labute approximate surface area is 171 Å². The third-order valence-corrected chi connectivity index (χ3v) is 4.45. The van der Waals surface area contributed by atoms with E-state index in [1.165, 1.54) is 13.8 Å². The van der Waals surface area contributed by atoms with E-state index >= 15 is 0 Å². The fourth-order valence-corrected chi connectivity index (χ4v) is 2.82. The standard InChI is InChI=1S/C18H20BF3NO.U/c1-11-12(2)17(16(22)15(21)14(11)20)23-13(24)10-18(19)8-6-4-3-5-7-9-18;/h4,6,8H,3,5,7,9-10H2,1-2H3,(H,23,24);/q-1;/b6-4+;/t18-;/m0./s1. The molecule has 1 atom stereocenters. The van der Waals surface area contributed by atoms with Gasteiger partial charge in [0, 0.05) is 37.5 Å². The Morgan fingerprint density at radius 1 is 1.20 bits per heavy atom. The van der Waals surface area contributed by atoms with Gasteiger partial charge in [-0.25, -0.2) is 31.7 Å². The molecule has 1 aromatic rings. The fourth-order valence-electron chi connectivity index (χ4n) is 2.82. The molecule has 0 spiro atoms. The van der Waals surface area contributed by atoms with Crippen molar-refractivity contribution in [1.29, 1.82) is 0 Å². The molecule has 2 rings (SSSR count). The molecule has 0 heterocycles. The SMILES string of the molecule is [B][C@@]1(CC(=O)Nc2c(C)c(C)c(F)c(F)c2F)[CH-]/C=C/CCCC1.[U]. The van der Waals surface area contributed by atoms with E-state index in [0.29, 0.717) is 6.42 Å². The molecule has 1 amide bonds. The summed E-state index contributed by atoms with van der Waals surface area (Å²) in [5.41, 5.74) is -0.208. The molecule has 0 saturated heterocycles. The van der Waals surface area contributed by atoms with Crippen LogP contribution in [0.15, 0.2) is 12.2 Å². The van der Waals surface area contributed by atoms with Crippen LogP contribution < -0.4 is 5.32 Å². The largest absolute Gasteiger partial charge is 0.323 e. The summed E-state index contributed by atoms with van der Waals surface area (Å²) in [5.74, 6) is -4.75. The van der Waals surface area contributed by atoms with Crippen molar-refractivity contribution in [2.45, 2.75) is 51.3 Å². The average Bonchev–Trinajstić information content (AvgIpc) is 2.52. The van der Waals surface area contributed by atoms with Gasteiger partial charge in [-0.15, -0.1) is 11.7 Å². The summed E-state index contributed by atoms with van der Waals surface area (Å²) in [7, 11) is 6.25. The maximum Gasteiger partial charge on any atom is 0.223 e. The number of hydrogen-bond acceptors (Lipinski definition) is 1. The molecule has 1 aromatic carbocycles. The predicted molar refractivity (Wildman–Crippen MR) is 89.4 cm³/mol. The minimum Gasteiger partial charge on any atom is -0.323 e. The van der Waals surface area contributed by atoms with Crippen LogP contribution in [0.3, 0.4) is 0 Å². The maximum atomic E-state index is 14.0. The summed E-state index contributed by atoms with van der Waals surface area (Å²) in [4.78, 5) is 12.3. The molecule has 0 aliphatic heterocycles. The number of allylic oxidation sites excluding steroid dienone is 2. The van der Waals surface area contributed by atoms with Crippen molar-refractivity contribution in [3.63, 3.8) is 0 Å². The summed E-state index contributed by atoms with van der Waals surface area (Å²) in [6.45, 7) is 2.76. The number of hydrogen-bond donors (Lipinski definition) is 1. The van der Waals surface area contributed by atoms with E-state index in [-0.39, 0.29) is 54.3 Å². The molecule has 7 heteroatoms. The first-order chi connectivity index (χ1) is 11.2. The zero-order valence-electron chi connectivity index (χ0n) is 14.4. The van der Waals surface area contributed by atoms with Crippen molar-refractivity contribution < 1.29 is 49.1 Å². The fraction of sp³-hybridized carbons (Fsp3) is 0.444. The number of rotatable bonds is 3. The van der Waals surface area contributed by atoms with Crippen molar-refractivity contribution >= 4 is 19.4 Å². The van der Waals surface area contributed by atoms with E-state index in [0.717, 1.165) is 19.3 Å². The Bertz CT molecular complexity index is 652. The topological polar surface area (TPSA) is 29.1 Å². The van der Waals surface area contributed by atoms with Gasteiger partial charge in [-0.3, -0.25) is 4.79 Å². The first kappa shape index (κ1) is 22.2. The zero-order chi connectivity index (χ0) is 17.9. The minimum atomic E-state index is -1.59. The number of anilines is 1. The van der Waals surface area contributed by atoms with Gasteiger partial charge in [0.25, 0.3) is 0 Å². The Morgan fingerprint density at radius 3 is 2.56 bits per heavy atom. The Kier molecular flexibility index (Phi) is 8.22. The normalized spacial score (nSPS) is 21.3. The first-order valence-electron chi connectivity index (χ1n) is 7.98. The molecule has 0 bridgehead atoms. The number of benzene rings is 1. The van der Waals surface area contributed by atoms with Crippen LogP contribution in [0.2, 0.25) is 5.31 Å². The van der Waals surface area contributed by atoms with Gasteiger partial charge in [-0.1, -0.05) is 19.3 Å². The maximum absolute atomic E-state index is 14.0. The molecule has 25 heavy (non-hydrogen) atoms. The molecule has 0 aromatic heterocycles. The molecule has 0 fully saturated rings. The number of amides is 1. The van der Waals surface area contributed by atoms with Gasteiger partial charge >= 0.3 is 0 Å². The molecular weight excluding hydrogens is 552 g/mol. The van der Waals surface area contributed by atoms with Crippen LogP contribution in [-0.2, 0) is 4.79 Å². The summed E-state index contributed by atoms with van der Waals surface area (Å²) in [6.07, 6.45) is 8.99. The third-order valence-electron chi connectivity index (χ3n) is 4.45. The van der Waals surface area contributed by atoms with Crippen molar-refractivity contribution in [1.82, 2.24) is 0 Å². The van der Waals surface area contributed by atoms with Gasteiger partial charge in [-0.2, -0.15) is 0 Å². The van der Waals surface area contributed by atoms with E-state index in [4.69, 9.17) is 7.85 Å². The molecule has 132 valence electrons. The molecule has 1 aliphatic carbocycles. The zero-order valence-corrected chi connectivity index (χ0v) is 18.6. The van der Waals surface area contributed by atoms with E-state index in [2.05, 4.69) is 5.32 Å². The Hall–Kier alpha value is -0.793. The monoisotopic (exact) mass is 572 g/mol. The third kappa shape index (κ3) is 5.34. The molecular formula is C18H20BF3NOU-. The average molecular weight is 572 g/mol. The van der Waals surface area contributed by atoms with Gasteiger partial charge in [0.15, 0.2) is 17.5 Å². The quantitative estimate of drug-likeness (QED) is 0.318. The summed E-state index contributed by atoms with van der Waals surface area (Å²) in [6, 6.07) is 0. The van der Waals surface area contributed by atoms with Gasteiger partial charge in [0.2, 0.25) is 5.91 Å². The van der Waals surface area contributed by atoms with Crippen LogP contribution >= 0.6 is 0 Å². The number of halogens is 3. The second kappa shape index (κ2) is 9.23. The van der Waals surface area contributed by atoms with Gasteiger partial charge in [0.1, 0.15) is 0 Å². The van der Waals surface area contributed by atoms with Crippen molar-refractivity contribution in [3.05, 3.63) is 47.2 Å². The number of nitrogens with one attached hydrogen (secondary N) is 1. The van der Waals surface area contributed by atoms with E-state index < -0.39 is 28.7 Å². The van der Waals surface area contributed by atoms with Crippen molar-refractivity contribution in [2.24, 2.45) is 0 Å². The van der Waals surface area contributed by atoms with Gasteiger partial charge in [0.05, 0.1) is 13.5 Å². The molecule has 0 saturated carbocycles. The molecule has 2 radical (unpaired) electrons. The molecule has 1 N–H and O–H groups in total. The Morgan fingerprint density at radius 2 is 1.88 bits per heavy atom. The van der Waals surface area contributed by atoms with E-state index in [9.17, 15) is 18.0 Å². The molecule has 0 unspecified atom stereocenters. The summed E-state index contributed by atoms with van der Waals surface area (Å²) >= 11 is 0.